The quantitative estimate of drug-likeness (QED) is 0.298. The minimum absolute atomic E-state index is 0.0431. The molecule has 0 aliphatic carbocycles. The standard InChI is InChI=1S/C19H33NO4/c1-2-3-4-5-6-7-8-9-10-11-12-16(21)15-18(22)20-17-13-14-24-19(17)23/h17H,2-15H2,1H3,(H,20,22). The van der Waals surface area contributed by atoms with Crippen LogP contribution in [0.4, 0.5) is 0 Å². The summed E-state index contributed by atoms with van der Waals surface area (Å²) in [6, 6.07) is -0.567. The Morgan fingerprint density at radius 2 is 1.58 bits per heavy atom. The summed E-state index contributed by atoms with van der Waals surface area (Å²) in [6.07, 6.45) is 13.1. The molecule has 1 saturated heterocycles. The number of hydrogen-bond donors (Lipinski definition) is 1. The Hall–Kier alpha value is -1.39. The molecule has 1 fully saturated rings. The van der Waals surface area contributed by atoms with E-state index in [0.717, 1.165) is 12.8 Å². The van der Waals surface area contributed by atoms with Gasteiger partial charge in [-0.15, -0.1) is 0 Å². The molecule has 0 bridgehead atoms. The van der Waals surface area contributed by atoms with Gasteiger partial charge < -0.3 is 10.1 Å². The molecule has 0 aromatic carbocycles. The summed E-state index contributed by atoms with van der Waals surface area (Å²) in [4.78, 5) is 34.7. The summed E-state index contributed by atoms with van der Waals surface area (Å²) in [6.45, 7) is 2.57. The van der Waals surface area contributed by atoms with E-state index in [2.05, 4.69) is 12.2 Å². The van der Waals surface area contributed by atoms with Crippen molar-refractivity contribution >= 4 is 17.7 Å². The van der Waals surface area contributed by atoms with Gasteiger partial charge in [-0.3, -0.25) is 9.59 Å². The van der Waals surface area contributed by atoms with Crippen LogP contribution in [0, 0.1) is 0 Å². The summed E-state index contributed by atoms with van der Waals surface area (Å²) >= 11 is 0. The average molecular weight is 339 g/mol. The number of esters is 1. The maximum Gasteiger partial charge on any atom is 0.328 e. The number of amides is 1. The fourth-order valence-electron chi connectivity index (χ4n) is 2.95. The van der Waals surface area contributed by atoms with Gasteiger partial charge in [-0.2, -0.15) is 0 Å². The number of nitrogens with one attached hydrogen (secondary N) is 1. The number of carbonyl (C=O) groups is 3. The van der Waals surface area contributed by atoms with Crippen LogP contribution in [0.5, 0.6) is 0 Å². The minimum atomic E-state index is -0.567. The lowest BCUT2D eigenvalue weighted by Gasteiger charge is -2.08. The second-order valence-corrected chi connectivity index (χ2v) is 6.72. The molecule has 1 aliphatic rings. The highest BCUT2D eigenvalue weighted by Crippen LogP contribution is 2.12. The minimum Gasteiger partial charge on any atom is -0.464 e. The molecule has 0 saturated carbocycles. The summed E-state index contributed by atoms with van der Waals surface area (Å²) in [5.41, 5.74) is 0. The highest BCUT2D eigenvalue weighted by atomic mass is 16.5. The first kappa shape index (κ1) is 20.7. The van der Waals surface area contributed by atoms with Crippen molar-refractivity contribution in [1.82, 2.24) is 5.32 Å². The largest absolute Gasteiger partial charge is 0.464 e. The molecule has 1 rings (SSSR count). The van der Waals surface area contributed by atoms with E-state index < -0.39 is 12.0 Å². The number of cyclic esters (lactones) is 1. The van der Waals surface area contributed by atoms with Crippen molar-refractivity contribution in [2.24, 2.45) is 0 Å². The third-order valence-corrected chi connectivity index (χ3v) is 4.44. The predicted octanol–water partition coefficient (Wildman–Crippen LogP) is 3.69. The van der Waals surface area contributed by atoms with Gasteiger partial charge in [-0.1, -0.05) is 64.7 Å². The first-order valence-electron chi connectivity index (χ1n) is 9.61. The predicted molar refractivity (Wildman–Crippen MR) is 93.6 cm³/mol. The lowest BCUT2D eigenvalue weighted by Crippen LogP contribution is -2.38. The van der Waals surface area contributed by atoms with Crippen LogP contribution >= 0.6 is 0 Å². The number of hydrogen-bond acceptors (Lipinski definition) is 4. The zero-order valence-electron chi connectivity index (χ0n) is 15.1. The molecule has 1 atom stereocenters. The molecule has 0 spiro atoms. The third-order valence-electron chi connectivity index (χ3n) is 4.44. The molecule has 1 unspecified atom stereocenters. The Kier molecular flexibility index (Phi) is 11.2. The van der Waals surface area contributed by atoms with Crippen LogP contribution < -0.4 is 5.32 Å². The molecule has 24 heavy (non-hydrogen) atoms. The molecule has 1 N–H and O–H groups in total. The molecule has 1 aliphatic heterocycles. The lowest BCUT2D eigenvalue weighted by atomic mass is 10.0. The van der Waals surface area contributed by atoms with E-state index >= 15 is 0 Å². The van der Waals surface area contributed by atoms with Crippen molar-refractivity contribution in [2.75, 3.05) is 6.61 Å². The second-order valence-electron chi connectivity index (χ2n) is 6.72. The zero-order chi connectivity index (χ0) is 17.6. The Morgan fingerprint density at radius 3 is 2.12 bits per heavy atom. The summed E-state index contributed by atoms with van der Waals surface area (Å²) < 4.78 is 4.77. The number of rotatable bonds is 14. The fraction of sp³-hybridized carbons (Fsp3) is 0.842. The van der Waals surface area contributed by atoms with Gasteiger partial charge in [-0.25, -0.2) is 4.79 Å². The third kappa shape index (κ3) is 9.68. The monoisotopic (exact) mass is 339 g/mol. The maximum atomic E-state index is 11.8. The SMILES string of the molecule is CCCCCCCCCCCCC(=O)CC(=O)NC1CCOC1=O. The second kappa shape index (κ2) is 13.0. The van der Waals surface area contributed by atoms with Gasteiger partial charge in [0.25, 0.3) is 0 Å². The van der Waals surface area contributed by atoms with Gasteiger partial charge in [0.1, 0.15) is 11.8 Å². The topological polar surface area (TPSA) is 72.5 Å². The van der Waals surface area contributed by atoms with E-state index in [-0.39, 0.29) is 18.1 Å². The van der Waals surface area contributed by atoms with Gasteiger partial charge in [0, 0.05) is 12.8 Å². The van der Waals surface area contributed by atoms with Crippen molar-refractivity contribution < 1.29 is 19.1 Å². The van der Waals surface area contributed by atoms with E-state index in [1.54, 1.807) is 0 Å². The number of unbranched alkanes of at least 4 members (excludes halogenated alkanes) is 9. The zero-order valence-corrected chi connectivity index (χ0v) is 15.1. The van der Waals surface area contributed by atoms with E-state index in [1.165, 1.54) is 51.4 Å². The van der Waals surface area contributed by atoms with Gasteiger partial charge in [-0.05, 0) is 6.42 Å². The van der Waals surface area contributed by atoms with E-state index in [1.807, 2.05) is 0 Å². The Labute approximate surface area is 145 Å². The molecule has 5 heteroatoms. The summed E-state index contributed by atoms with van der Waals surface area (Å²) in [5, 5.41) is 2.56. The van der Waals surface area contributed by atoms with Crippen LogP contribution in [-0.4, -0.2) is 30.3 Å². The van der Waals surface area contributed by atoms with Crippen molar-refractivity contribution in [1.29, 1.82) is 0 Å². The number of Topliss-reactive ketones (excluding diaryl/α,β-unsaturated/α-hetero) is 1. The van der Waals surface area contributed by atoms with Crippen LogP contribution in [0.2, 0.25) is 0 Å². The molecule has 0 aromatic rings. The van der Waals surface area contributed by atoms with Gasteiger partial charge >= 0.3 is 5.97 Å². The maximum absolute atomic E-state index is 11.8. The van der Waals surface area contributed by atoms with Gasteiger partial charge in [0.05, 0.1) is 13.0 Å². The fourth-order valence-corrected chi connectivity index (χ4v) is 2.95. The van der Waals surface area contributed by atoms with Gasteiger partial charge in [0.2, 0.25) is 5.91 Å². The van der Waals surface area contributed by atoms with Crippen LogP contribution in [0.15, 0.2) is 0 Å². The molecular formula is C19H33NO4. The normalized spacial score (nSPS) is 16.9. The first-order valence-corrected chi connectivity index (χ1v) is 9.61. The number of ether oxygens (including phenoxy) is 1. The molecule has 5 nitrogen and oxygen atoms in total. The van der Waals surface area contributed by atoms with Crippen LogP contribution in [0.3, 0.4) is 0 Å². The van der Waals surface area contributed by atoms with Crippen LogP contribution in [0.1, 0.15) is 90.4 Å². The van der Waals surface area contributed by atoms with Crippen LogP contribution in [-0.2, 0) is 19.1 Å². The van der Waals surface area contributed by atoms with Gasteiger partial charge in [0.15, 0.2) is 0 Å². The smallest absolute Gasteiger partial charge is 0.328 e. The number of carbonyl (C=O) groups excluding carboxylic acids is 3. The van der Waals surface area contributed by atoms with Crippen molar-refractivity contribution in [3.63, 3.8) is 0 Å². The molecule has 1 heterocycles. The van der Waals surface area contributed by atoms with Crippen molar-refractivity contribution in [3.05, 3.63) is 0 Å². The molecule has 0 aromatic heterocycles. The van der Waals surface area contributed by atoms with E-state index in [0.29, 0.717) is 19.4 Å². The van der Waals surface area contributed by atoms with E-state index in [9.17, 15) is 14.4 Å². The Morgan fingerprint density at radius 1 is 1.00 bits per heavy atom. The molecule has 0 radical (unpaired) electrons. The summed E-state index contributed by atoms with van der Waals surface area (Å²) in [5.74, 6) is -0.806. The first-order chi connectivity index (χ1) is 11.6. The van der Waals surface area contributed by atoms with E-state index in [4.69, 9.17) is 4.74 Å². The number of ketones is 1. The molecule has 1 amide bonds. The van der Waals surface area contributed by atoms with Crippen LogP contribution in [0.25, 0.3) is 0 Å². The Bertz CT molecular complexity index is 395. The molecular weight excluding hydrogens is 306 g/mol. The molecule has 138 valence electrons. The van der Waals surface area contributed by atoms with Crippen molar-refractivity contribution in [3.8, 4) is 0 Å². The highest BCUT2D eigenvalue weighted by molar-refractivity contribution is 5.99. The van der Waals surface area contributed by atoms with Crippen molar-refractivity contribution in [2.45, 2.75) is 96.4 Å². The lowest BCUT2D eigenvalue weighted by molar-refractivity contribution is -0.142. The average Bonchev–Trinajstić information content (AvgIpc) is 2.94. The Balaban J connectivity index is 1.92. The summed E-state index contributed by atoms with van der Waals surface area (Å²) in [7, 11) is 0. The highest BCUT2D eigenvalue weighted by Gasteiger charge is 2.28.